The Morgan fingerprint density at radius 1 is 1.53 bits per heavy atom. The number of carbonyl (C=O) groups excluding carboxylic acids is 2. The summed E-state index contributed by atoms with van der Waals surface area (Å²) in [5.74, 6) is 5.32. The van der Waals surface area contributed by atoms with Gasteiger partial charge in [0.15, 0.2) is 4.34 Å². The van der Waals surface area contributed by atoms with Crippen LogP contribution >= 0.6 is 23.1 Å². The molecule has 0 spiro atoms. The minimum atomic E-state index is -0.143. The van der Waals surface area contributed by atoms with Gasteiger partial charge in [-0.25, -0.2) is 5.84 Å². The van der Waals surface area contributed by atoms with Gasteiger partial charge in [-0.15, -0.1) is 10.2 Å². The van der Waals surface area contributed by atoms with Gasteiger partial charge in [0.05, 0.1) is 5.75 Å². The second kappa shape index (κ2) is 6.83. The van der Waals surface area contributed by atoms with Crippen molar-refractivity contribution in [1.29, 1.82) is 0 Å². The molecule has 2 heterocycles. The van der Waals surface area contributed by atoms with Crippen molar-refractivity contribution >= 4 is 34.9 Å². The van der Waals surface area contributed by atoms with Crippen LogP contribution in [0.1, 0.15) is 12.8 Å². The number of amides is 2. The summed E-state index contributed by atoms with van der Waals surface area (Å²) in [5.41, 5.74) is 3.80. The Labute approximate surface area is 118 Å². The van der Waals surface area contributed by atoms with E-state index in [1.54, 1.807) is 10.4 Å². The number of likely N-dealkylation sites (tertiary alicyclic amines) is 1. The van der Waals surface area contributed by atoms with Crippen LogP contribution in [0.4, 0.5) is 0 Å². The summed E-state index contributed by atoms with van der Waals surface area (Å²) in [6.45, 7) is 1.21. The van der Waals surface area contributed by atoms with Gasteiger partial charge in [0.25, 0.3) is 0 Å². The molecular weight excluding hydrogens is 286 g/mol. The molecule has 0 aliphatic carbocycles. The molecule has 9 heteroatoms. The second-order valence-electron chi connectivity index (χ2n) is 4.16. The van der Waals surface area contributed by atoms with Gasteiger partial charge in [-0.05, 0) is 12.8 Å². The van der Waals surface area contributed by atoms with Gasteiger partial charge in [0.1, 0.15) is 5.51 Å². The summed E-state index contributed by atoms with van der Waals surface area (Å²) >= 11 is 2.82. The zero-order chi connectivity index (χ0) is 13.7. The second-order valence-corrected chi connectivity index (χ2v) is 6.21. The largest absolute Gasteiger partial charge is 0.342 e. The van der Waals surface area contributed by atoms with E-state index in [2.05, 4.69) is 15.6 Å². The molecule has 0 bridgehead atoms. The number of piperidine rings is 1. The highest BCUT2D eigenvalue weighted by Crippen LogP contribution is 2.21. The molecule has 0 aromatic carbocycles. The van der Waals surface area contributed by atoms with Crippen LogP contribution < -0.4 is 11.3 Å². The summed E-state index contributed by atoms with van der Waals surface area (Å²) in [7, 11) is 0. The molecule has 1 aromatic rings. The molecule has 3 N–H and O–H groups in total. The zero-order valence-electron chi connectivity index (χ0n) is 10.2. The third kappa shape index (κ3) is 3.88. The molecule has 2 amide bonds. The van der Waals surface area contributed by atoms with E-state index in [0.717, 1.165) is 4.34 Å². The predicted octanol–water partition coefficient (Wildman–Crippen LogP) is -0.141. The Kier molecular flexibility index (Phi) is 5.11. The zero-order valence-corrected chi connectivity index (χ0v) is 11.9. The Morgan fingerprint density at radius 3 is 2.84 bits per heavy atom. The van der Waals surface area contributed by atoms with E-state index in [1.165, 1.54) is 23.1 Å². The predicted molar refractivity (Wildman–Crippen MR) is 72.3 cm³/mol. The number of rotatable bonds is 4. The topological polar surface area (TPSA) is 101 Å². The van der Waals surface area contributed by atoms with Gasteiger partial charge in [-0.3, -0.25) is 15.0 Å². The maximum absolute atomic E-state index is 12.0. The van der Waals surface area contributed by atoms with Crippen molar-refractivity contribution in [2.24, 2.45) is 11.8 Å². The number of nitrogens with two attached hydrogens (primary N) is 1. The highest BCUT2D eigenvalue weighted by molar-refractivity contribution is 8.01. The van der Waals surface area contributed by atoms with Crippen LogP contribution in [0.25, 0.3) is 0 Å². The fourth-order valence-corrected chi connectivity index (χ4v) is 3.34. The van der Waals surface area contributed by atoms with Gasteiger partial charge in [0, 0.05) is 19.0 Å². The molecule has 19 heavy (non-hydrogen) atoms. The van der Waals surface area contributed by atoms with Crippen molar-refractivity contribution in [1.82, 2.24) is 20.5 Å². The molecule has 104 valence electrons. The van der Waals surface area contributed by atoms with Crippen LogP contribution in [-0.2, 0) is 9.59 Å². The molecule has 1 aliphatic heterocycles. The molecule has 0 radical (unpaired) electrons. The number of aromatic nitrogens is 2. The van der Waals surface area contributed by atoms with Crippen molar-refractivity contribution in [3.8, 4) is 0 Å². The van der Waals surface area contributed by atoms with E-state index in [0.29, 0.717) is 31.7 Å². The van der Waals surface area contributed by atoms with E-state index in [9.17, 15) is 9.59 Å². The van der Waals surface area contributed by atoms with Gasteiger partial charge in [0.2, 0.25) is 11.8 Å². The summed E-state index contributed by atoms with van der Waals surface area (Å²) in [6.07, 6.45) is 1.33. The minimum Gasteiger partial charge on any atom is -0.342 e. The van der Waals surface area contributed by atoms with Crippen LogP contribution in [0.2, 0.25) is 0 Å². The van der Waals surface area contributed by atoms with E-state index in [1.807, 2.05) is 0 Å². The normalized spacial score (nSPS) is 16.4. The van der Waals surface area contributed by atoms with Crippen LogP contribution in [0.15, 0.2) is 9.85 Å². The highest BCUT2D eigenvalue weighted by atomic mass is 32.2. The first-order chi connectivity index (χ1) is 9.20. The lowest BCUT2D eigenvalue weighted by Crippen LogP contribution is -2.45. The molecule has 0 saturated carbocycles. The smallest absolute Gasteiger partial charge is 0.237 e. The number of thioether (sulfide) groups is 1. The highest BCUT2D eigenvalue weighted by Gasteiger charge is 2.26. The van der Waals surface area contributed by atoms with E-state index in [4.69, 9.17) is 5.84 Å². The fourth-order valence-electron chi connectivity index (χ4n) is 1.95. The molecule has 0 unspecified atom stereocenters. The lowest BCUT2D eigenvalue weighted by Gasteiger charge is -2.30. The summed E-state index contributed by atoms with van der Waals surface area (Å²) in [5, 5.41) is 7.59. The average Bonchev–Trinajstić information content (AvgIpc) is 2.97. The van der Waals surface area contributed by atoms with Crippen LogP contribution in [0.3, 0.4) is 0 Å². The summed E-state index contributed by atoms with van der Waals surface area (Å²) in [6, 6.07) is 0. The molecule has 1 aliphatic rings. The Bertz CT molecular complexity index is 431. The van der Waals surface area contributed by atoms with Crippen molar-refractivity contribution in [2.75, 3.05) is 18.8 Å². The third-order valence-corrected chi connectivity index (χ3v) is 4.86. The quantitative estimate of drug-likeness (QED) is 0.347. The van der Waals surface area contributed by atoms with Gasteiger partial charge < -0.3 is 4.90 Å². The molecule has 1 fully saturated rings. The summed E-state index contributed by atoms with van der Waals surface area (Å²) in [4.78, 5) is 25.1. The van der Waals surface area contributed by atoms with Gasteiger partial charge >= 0.3 is 0 Å². The lowest BCUT2D eigenvalue weighted by atomic mass is 9.96. The van der Waals surface area contributed by atoms with E-state index >= 15 is 0 Å². The van der Waals surface area contributed by atoms with Crippen LogP contribution in [0.5, 0.6) is 0 Å². The monoisotopic (exact) mass is 301 g/mol. The van der Waals surface area contributed by atoms with E-state index < -0.39 is 0 Å². The SMILES string of the molecule is NNC(=O)C1CCN(C(=O)CSc2nncs2)CC1. The number of nitrogens with one attached hydrogen (secondary N) is 1. The average molecular weight is 301 g/mol. The van der Waals surface area contributed by atoms with Crippen molar-refractivity contribution in [2.45, 2.75) is 17.2 Å². The first-order valence-electron chi connectivity index (χ1n) is 5.88. The van der Waals surface area contributed by atoms with Crippen molar-refractivity contribution in [3.05, 3.63) is 5.51 Å². The molecule has 7 nitrogen and oxygen atoms in total. The molecule has 0 atom stereocenters. The number of carbonyl (C=O) groups is 2. The lowest BCUT2D eigenvalue weighted by molar-refractivity contribution is -0.133. The van der Waals surface area contributed by atoms with E-state index in [-0.39, 0.29) is 17.7 Å². The first kappa shape index (κ1) is 14.2. The Morgan fingerprint density at radius 2 is 2.26 bits per heavy atom. The molecule has 1 aromatic heterocycles. The Balaban J connectivity index is 1.74. The molecule has 2 rings (SSSR count). The maximum Gasteiger partial charge on any atom is 0.237 e. The number of hydrogen-bond acceptors (Lipinski definition) is 7. The maximum atomic E-state index is 12.0. The van der Waals surface area contributed by atoms with Crippen LogP contribution in [0, 0.1) is 5.92 Å². The number of nitrogens with zero attached hydrogens (tertiary/aromatic N) is 3. The number of hydrogen-bond donors (Lipinski definition) is 2. The molecule has 1 saturated heterocycles. The molecular formula is C10H15N5O2S2. The van der Waals surface area contributed by atoms with Crippen molar-refractivity contribution < 1.29 is 9.59 Å². The fraction of sp³-hybridized carbons (Fsp3) is 0.600. The van der Waals surface area contributed by atoms with Crippen LogP contribution in [-0.4, -0.2) is 45.8 Å². The Hall–Kier alpha value is -1.19. The first-order valence-corrected chi connectivity index (χ1v) is 7.74. The van der Waals surface area contributed by atoms with Gasteiger partial charge in [-0.2, -0.15) is 0 Å². The minimum absolute atomic E-state index is 0.0757. The third-order valence-electron chi connectivity index (χ3n) is 3.02. The van der Waals surface area contributed by atoms with Gasteiger partial charge in [-0.1, -0.05) is 23.1 Å². The van der Waals surface area contributed by atoms with Crippen molar-refractivity contribution in [3.63, 3.8) is 0 Å². The standard InChI is InChI=1S/C10H15N5O2S2/c11-13-9(17)7-1-3-15(4-2-7)8(16)5-18-10-14-12-6-19-10/h6-7H,1-5,11H2,(H,13,17). The number of hydrazine groups is 1. The summed E-state index contributed by atoms with van der Waals surface area (Å²) < 4.78 is 0.797.